The van der Waals surface area contributed by atoms with Gasteiger partial charge in [0.25, 0.3) is 0 Å². The van der Waals surface area contributed by atoms with Crippen molar-refractivity contribution in [2.24, 2.45) is 0 Å². The smallest absolute Gasteiger partial charge is 0 e. The Bertz CT molecular complexity index is 518. The Morgan fingerprint density at radius 3 is 1.24 bits per heavy atom. The third kappa shape index (κ3) is 11.0. The molecular formula is C21H20MnO2Si. The van der Waals surface area contributed by atoms with Crippen LogP contribution < -0.4 is 10.4 Å². The molecule has 0 bridgehead atoms. The minimum absolute atomic E-state index is 0. The van der Waals surface area contributed by atoms with E-state index in [0.29, 0.717) is 0 Å². The van der Waals surface area contributed by atoms with E-state index in [0.717, 1.165) is 0 Å². The molecule has 0 saturated heterocycles. The largest absolute Gasteiger partial charge is 0 e. The van der Waals surface area contributed by atoms with Crippen molar-refractivity contribution >= 4 is 19.2 Å². The SMILES string of the molecule is C[C]1[CH][CH][CH][CH]1.C[Si](c1ccccc1)c1ccccc1.[C-]#[O+].[C-]#[O+].[Mn]. The van der Waals surface area contributed by atoms with E-state index in [9.17, 15) is 0 Å². The maximum atomic E-state index is 7.50. The average molecular weight is 387 g/mol. The Morgan fingerprint density at radius 1 is 0.680 bits per heavy atom. The number of hydrogen-bond donors (Lipinski definition) is 0. The van der Waals surface area contributed by atoms with Crippen LogP contribution in [0.4, 0.5) is 0 Å². The van der Waals surface area contributed by atoms with Crippen molar-refractivity contribution in [3.05, 3.63) is 106 Å². The molecule has 1 aliphatic carbocycles. The van der Waals surface area contributed by atoms with Gasteiger partial charge in [0.05, 0.1) is 0 Å². The summed E-state index contributed by atoms with van der Waals surface area (Å²) in [6.45, 7) is 13.4. The zero-order chi connectivity index (χ0) is 18.2. The van der Waals surface area contributed by atoms with Crippen molar-refractivity contribution in [2.75, 3.05) is 0 Å². The quantitative estimate of drug-likeness (QED) is 0.431. The molecular weight excluding hydrogens is 367 g/mol. The van der Waals surface area contributed by atoms with Gasteiger partial charge in [-0.2, -0.15) is 0 Å². The first kappa shape index (κ1) is 25.9. The molecule has 1 aliphatic rings. The van der Waals surface area contributed by atoms with E-state index >= 15 is 0 Å². The molecule has 2 aromatic carbocycles. The van der Waals surface area contributed by atoms with Gasteiger partial charge >= 0.3 is 22.6 Å². The summed E-state index contributed by atoms with van der Waals surface area (Å²) in [7, 11) is -0.545. The summed E-state index contributed by atoms with van der Waals surface area (Å²) in [5, 5.41) is 2.95. The number of hydrogen-bond acceptors (Lipinski definition) is 0. The van der Waals surface area contributed by atoms with Crippen LogP contribution in [0, 0.1) is 44.9 Å². The molecule has 127 valence electrons. The Morgan fingerprint density at radius 2 is 1.00 bits per heavy atom. The zero-order valence-electron chi connectivity index (χ0n) is 14.3. The Labute approximate surface area is 164 Å². The van der Waals surface area contributed by atoms with Crippen LogP contribution in [0.15, 0.2) is 60.7 Å². The van der Waals surface area contributed by atoms with Gasteiger partial charge in [-0.05, 0) is 31.6 Å². The zero-order valence-corrected chi connectivity index (χ0v) is 16.5. The van der Waals surface area contributed by atoms with Crippen molar-refractivity contribution in [3.63, 3.8) is 0 Å². The van der Waals surface area contributed by atoms with Crippen LogP contribution in [0.5, 0.6) is 0 Å². The molecule has 4 heteroatoms. The van der Waals surface area contributed by atoms with Gasteiger partial charge in [-0.1, -0.05) is 84.5 Å². The van der Waals surface area contributed by atoms with E-state index in [-0.39, 0.29) is 17.1 Å². The molecule has 0 spiro atoms. The summed E-state index contributed by atoms with van der Waals surface area (Å²) < 4.78 is 15.0. The summed E-state index contributed by atoms with van der Waals surface area (Å²) in [6.07, 6.45) is 8.24. The normalized spacial score (nSPS) is 12.1. The number of rotatable bonds is 2. The van der Waals surface area contributed by atoms with Crippen molar-refractivity contribution in [1.29, 1.82) is 0 Å². The maximum Gasteiger partial charge on any atom is 0 e. The van der Waals surface area contributed by atoms with E-state index in [1.165, 1.54) is 16.3 Å². The molecule has 0 aromatic heterocycles. The second-order valence-electron chi connectivity index (χ2n) is 4.82. The molecule has 2 nitrogen and oxygen atoms in total. The van der Waals surface area contributed by atoms with Crippen LogP contribution >= 0.6 is 0 Å². The van der Waals surface area contributed by atoms with Gasteiger partial charge in [-0.15, -0.1) is 0 Å². The van der Waals surface area contributed by atoms with Crippen molar-refractivity contribution in [3.8, 4) is 0 Å². The Kier molecular flexibility index (Phi) is 18.1. The molecule has 1 fully saturated rings. The second kappa shape index (κ2) is 17.5. The van der Waals surface area contributed by atoms with Gasteiger partial charge in [-0.25, -0.2) is 0 Å². The van der Waals surface area contributed by atoms with E-state index < -0.39 is 8.80 Å². The molecule has 25 heavy (non-hydrogen) atoms. The molecule has 3 rings (SSSR count). The van der Waals surface area contributed by atoms with E-state index in [2.05, 4.69) is 100 Å². The standard InChI is InChI=1S/C13H13Si.C6H7.2CO.Mn/c1-14(12-8-4-2-5-9-12)13-10-6-3-7-11-13;1-6-4-2-3-5-6;2*1-2;/h2-11H,1H3;2-5H,1H3;;;. The monoisotopic (exact) mass is 387 g/mol. The summed E-state index contributed by atoms with van der Waals surface area (Å²) in [4.78, 5) is 0. The van der Waals surface area contributed by atoms with Crippen LogP contribution in [0.2, 0.25) is 6.55 Å². The van der Waals surface area contributed by atoms with Gasteiger partial charge in [0.15, 0.2) is 0 Å². The number of benzene rings is 2. The average Bonchev–Trinajstić information content (AvgIpc) is 3.17. The van der Waals surface area contributed by atoms with Crippen LogP contribution in [0.1, 0.15) is 6.92 Å². The molecule has 2 aromatic rings. The summed E-state index contributed by atoms with van der Waals surface area (Å²) in [5.74, 6) is 1.34. The maximum absolute atomic E-state index is 7.50. The van der Waals surface area contributed by atoms with Gasteiger partial charge in [0.2, 0.25) is 0 Å². The first-order chi connectivity index (χ1) is 11.8. The fraction of sp³-hybridized carbons (Fsp3) is 0.0952. The molecule has 0 amide bonds. The Balaban J connectivity index is 0. The summed E-state index contributed by atoms with van der Waals surface area (Å²) in [5.41, 5.74) is 0. The first-order valence-electron chi connectivity index (χ1n) is 7.31. The van der Waals surface area contributed by atoms with Gasteiger partial charge < -0.3 is 0 Å². The fourth-order valence-corrected chi connectivity index (χ4v) is 3.73. The molecule has 0 atom stereocenters. The van der Waals surface area contributed by atoms with E-state index in [1.54, 1.807) is 0 Å². The molecule has 0 unspecified atom stereocenters. The molecule has 0 aliphatic heterocycles. The molecule has 0 heterocycles. The van der Waals surface area contributed by atoms with Crippen molar-refractivity contribution < 1.29 is 26.4 Å². The van der Waals surface area contributed by atoms with Gasteiger partial charge in [0.1, 0.15) is 8.80 Å². The molecule has 7 radical (unpaired) electrons. The summed E-state index contributed by atoms with van der Waals surface area (Å²) in [6, 6.07) is 21.5. The summed E-state index contributed by atoms with van der Waals surface area (Å²) >= 11 is 0. The van der Waals surface area contributed by atoms with E-state index in [4.69, 9.17) is 9.30 Å². The minimum Gasteiger partial charge on any atom is 0 e. The van der Waals surface area contributed by atoms with Crippen molar-refractivity contribution in [1.82, 2.24) is 0 Å². The van der Waals surface area contributed by atoms with E-state index in [1.807, 2.05) is 12.8 Å². The topological polar surface area (TPSA) is 39.8 Å². The van der Waals surface area contributed by atoms with Crippen LogP contribution in [0.3, 0.4) is 0 Å². The third-order valence-corrected chi connectivity index (χ3v) is 5.64. The van der Waals surface area contributed by atoms with Crippen molar-refractivity contribution in [2.45, 2.75) is 13.5 Å². The van der Waals surface area contributed by atoms with Gasteiger partial charge in [0, 0.05) is 17.1 Å². The fourth-order valence-electron chi connectivity index (χ4n) is 2.01. The predicted octanol–water partition coefficient (Wildman–Crippen LogP) is 3.26. The van der Waals surface area contributed by atoms with Gasteiger partial charge in [-0.3, -0.25) is 0 Å². The molecule has 0 N–H and O–H groups in total. The second-order valence-corrected chi connectivity index (χ2v) is 7.22. The predicted molar refractivity (Wildman–Crippen MR) is 97.7 cm³/mol. The van der Waals surface area contributed by atoms with Crippen LogP contribution in [-0.4, -0.2) is 8.80 Å². The van der Waals surface area contributed by atoms with Crippen LogP contribution in [0.25, 0.3) is 0 Å². The minimum atomic E-state index is -0.545. The first-order valence-corrected chi connectivity index (χ1v) is 9.31. The Hall–Kier alpha value is -1.34. The molecule has 1 saturated carbocycles. The van der Waals surface area contributed by atoms with Crippen LogP contribution in [-0.2, 0) is 26.4 Å². The third-order valence-electron chi connectivity index (χ3n) is 3.24.